The number of amides is 1. The summed E-state index contributed by atoms with van der Waals surface area (Å²) in [5, 5.41) is 6.10. The Hall–Kier alpha value is -2.58. The molecule has 1 aliphatic rings. The van der Waals surface area contributed by atoms with E-state index < -0.39 is 0 Å². The molecule has 150 valence electrons. The number of carbonyl (C=O) groups excluding carboxylic acids is 1. The molecule has 2 aromatic heterocycles. The van der Waals surface area contributed by atoms with Crippen molar-refractivity contribution in [3.05, 3.63) is 42.4 Å². The molecular weight excluding hydrogens is 356 g/mol. The summed E-state index contributed by atoms with van der Waals surface area (Å²) in [6.07, 6.45) is 5.36. The molecule has 1 fully saturated rings. The van der Waals surface area contributed by atoms with Crippen molar-refractivity contribution in [3.63, 3.8) is 0 Å². The van der Waals surface area contributed by atoms with Crippen LogP contribution in [0.4, 0.5) is 11.8 Å². The predicted octanol–water partition coefficient (Wildman–Crippen LogP) is 1.95. The molecule has 2 N–H and O–H groups in total. The zero-order valence-electron chi connectivity index (χ0n) is 16.5. The molecule has 0 bridgehead atoms. The summed E-state index contributed by atoms with van der Waals surface area (Å²) in [6.45, 7) is 4.68. The highest BCUT2D eigenvalue weighted by atomic mass is 16.5. The van der Waals surface area contributed by atoms with Crippen LogP contribution in [-0.2, 0) is 9.53 Å². The van der Waals surface area contributed by atoms with Crippen molar-refractivity contribution in [2.75, 3.05) is 38.7 Å². The second kappa shape index (κ2) is 10.1. The molecule has 0 spiro atoms. The van der Waals surface area contributed by atoms with Gasteiger partial charge in [0.05, 0.1) is 13.2 Å². The minimum Gasteiger partial charge on any atom is -0.383 e. The number of nitrogens with one attached hydrogen (secondary N) is 2. The average molecular weight is 384 g/mol. The Labute approximate surface area is 165 Å². The summed E-state index contributed by atoms with van der Waals surface area (Å²) < 4.78 is 5.06. The first-order valence-corrected chi connectivity index (χ1v) is 9.65. The van der Waals surface area contributed by atoms with Crippen molar-refractivity contribution in [1.82, 2.24) is 25.2 Å². The molecule has 0 aromatic carbocycles. The van der Waals surface area contributed by atoms with E-state index in [0.29, 0.717) is 25.0 Å². The lowest BCUT2D eigenvalue weighted by Crippen LogP contribution is -2.44. The van der Waals surface area contributed by atoms with E-state index in [-0.39, 0.29) is 11.9 Å². The topological polar surface area (TPSA) is 92.3 Å². The molecule has 1 aliphatic heterocycles. The number of carbonyl (C=O) groups is 1. The van der Waals surface area contributed by atoms with E-state index in [1.807, 2.05) is 19.1 Å². The fourth-order valence-corrected chi connectivity index (χ4v) is 3.43. The second-order valence-corrected chi connectivity index (χ2v) is 7.12. The van der Waals surface area contributed by atoms with Gasteiger partial charge in [-0.25, -0.2) is 15.0 Å². The number of piperidine rings is 1. The number of likely N-dealkylation sites (tertiary alicyclic amines) is 1. The molecule has 8 heteroatoms. The summed E-state index contributed by atoms with van der Waals surface area (Å²) >= 11 is 0. The van der Waals surface area contributed by atoms with Gasteiger partial charge in [0.15, 0.2) is 0 Å². The molecule has 1 atom stereocenters. The van der Waals surface area contributed by atoms with Gasteiger partial charge in [-0.3, -0.25) is 9.69 Å². The van der Waals surface area contributed by atoms with Crippen LogP contribution in [0.2, 0.25) is 0 Å². The van der Waals surface area contributed by atoms with Gasteiger partial charge >= 0.3 is 0 Å². The molecule has 28 heavy (non-hydrogen) atoms. The van der Waals surface area contributed by atoms with E-state index in [4.69, 9.17) is 9.72 Å². The van der Waals surface area contributed by atoms with Gasteiger partial charge in [-0.1, -0.05) is 6.07 Å². The number of methoxy groups -OCH3 is 1. The third-order valence-electron chi connectivity index (χ3n) is 4.77. The van der Waals surface area contributed by atoms with Crippen molar-refractivity contribution in [2.24, 2.45) is 0 Å². The van der Waals surface area contributed by atoms with Crippen LogP contribution in [0.15, 0.2) is 36.7 Å². The Balaban J connectivity index is 1.49. The van der Waals surface area contributed by atoms with Crippen molar-refractivity contribution in [2.45, 2.75) is 31.7 Å². The lowest BCUT2D eigenvalue weighted by Gasteiger charge is -2.31. The van der Waals surface area contributed by atoms with Crippen LogP contribution in [0.5, 0.6) is 0 Å². The third kappa shape index (κ3) is 5.97. The van der Waals surface area contributed by atoms with E-state index >= 15 is 0 Å². The number of hydrogen-bond acceptors (Lipinski definition) is 7. The fourth-order valence-electron chi connectivity index (χ4n) is 3.43. The van der Waals surface area contributed by atoms with E-state index in [2.05, 4.69) is 31.6 Å². The lowest BCUT2D eigenvalue weighted by molar-refractivity contribution is -0.123. The van der Waals surface area contributed by atoms with Gasteiger partial charge in [0.1, 0.15) is 5.82 Å². The number of pyridine rings is 1. The summed E-state index contributed by atoms with van der Waals surface area (Å²) in [5.41, 5.74) is 1.07. The normalized spacial score (nSPS) is 16.5. The number of nitrogens with zero attached hydrogens (tertiary/aromatic N) is 4. The maximum atomic E-state index is 12.1. The number of anilines is 2. The lowest BCUT2D eigenvalue weighted by atomic mass is 9.93. The smallest absolute Gasteiger partial charge is 0.234 e. The Morgan fingerprint density at radius 2 is 2.00 bits per heavy atom. The SMILES string of the molecule is COC[C@@H](C)NC(=O)CN1CCC(c2cccc(Nc3ncccn3)n2)CC1. The molecule has 0 unspecified atom stereocenters. The van der Waals surface area contributed by atoms with Crippen LogP contribution < -0.4 is 10.6 Å². The number of ether oxygens (including phenoxy) is 1. The second-order valence-electron chi connectivity index (χ2n) is 7.12. The van der Waals surface area contributed by atoms with Crippen LogP contribution in [-0.4, -0.2) is 65.2 Å². The van der Waals surface area contributed by atoms with Gasteiger partial charge in [-0.2, -0.15) is 0 Å². The van der Waals surface area contributed by atoms with Crippen molar-refractivity contribution >= 4 is 17.7 Å². The highest BCUT2D eigenvalue weighted by molar-refractivity contribution is 5.78. The van der Waals surface area contributed by atoms with Gasteiger partial charge in [0, 0.05) is 37.2 Å². The van der Waals surface area contributed by atoms with Crippen molar-refractivity contribution < 1.29 is 9.53 Å². The maximum absolute atomic E-state index is 12.1. The highest BCUT2D eigenvalue weighted by Gasteiger charge is 2.23. The summed E-state index contributed by atoms with van der Waals surface area (Å²) in [7, 11) is 1.64. The highest BCUT2D eigenvalue weighted by Crippen LogP contribution is 2.27. The van der Waals surface area contributed by atoms with Gasteiger partial charge in [0.25, 0.3) is 0 Å². The molecule has 0 saturated carbocycles. The molecule has 1 saturated heterocycles. The first-order valence-electron chi connectivity index (χ1n) is 9.65. The van der Waals surface area contributed by atoms with Gasteiger partial charge < -0.3 is 15.4 Å². The Kier molecular flexibility index (Phi) is 7.27. The van der Waals surface area contributed by atoms with Crippen molar-refractivity contribution in [3.8, 4) is 0 Å². The molecule has 2 aromatic rings. The Bertz CT molecular complexity index is 749. The van der Waals surface area contributed by atoms with Crippen LogP contribution in [0.3, 0.4) is 0 Å². The largest absolute Gasteiger partial charge is 0.383 e. The Morgan fingerprint density at radius 3 is 2.71 bits per heavy atom. The Morgan fingerprint density at radius 1 is 1.25 bits per heavy atom. The molecule has 8 nitrogen and oxygen atoms in total. The molecule has 3 rings (SSSR count). The third-order valence-corrected chi connectivity index (χ3v) is 4.77. The van der Waals surface area contributed by atoms with Crippen LogP contribution in [0.25, 0.3) is 0 Å². The first kappa shape index (κ1) is 20.2. The number of rotatable bonds is 8. The maximum Gasteiger partial charge on any atom is 0.234 e. The molecule has 0 aliphatic carbocycles. The molecule has 3 heterocycles. The quantitative estimate of drug-likeness (QED) is 0.718. The number of aromatic nitrogens is 3. The van der Waals surface area contributed by atoms with Crippen molar-refractivity contribution in [1.29, 1.82) is 0 Å². The van der Waals surface area contributed by atoms with Crippen LogP contribution in [0.1, 0.15) is 31.4 Å². The summed E-state index contributed by atoms with van der Waals surface area (Å²) in [6, 6.07) is 7.80. The zero-order chi connectivity index (χ0) is 19.8. The van der Waals surface area contributed by atoms with Gasteiger partial charge in [0.2, 0.25) is 11.9 Å². The van der Waals surface area contributed by atoms with E-state index in [1.54, 1.807) is 25.6 Å². The molecule has 0 radical (unpaired) electrons. The fraction of sp³-hybridized carbons (Fsp3) is 0.500. The molecule has 1 amide bonds. The van der Waals surface area contributed by atoms with Gasteiger partial charge in [-0.05, 0) is 51.1 Å². The summed E-state index contributed by atoms with van der Waals surface area (Å²) in [5.74, 6) is 1.73. The number of hydrogen-bond donors (Lipinski definition) is 2. The predicted molar refractivity (Wildman–Crippen MR) is 107 cm³/mol. The van der Waals surface area contributed by atoms with Gasteiger partial charge in [-0.15, -0.1) is 0 Å². The van der Waals surface area contributed by atoms with E-state index in [1.165, 1.54) is 0 Å². The monoisotopic (exact) mass is 384 g/mol. The summed E-state index contributed by atoms with van der Waals surface area (Å²) in [4.78, 5) is 27.4. The minimum absolute atomic E-state index is 0.0306. The zero-order valence-corrected chi connectivity index (χ0v) is 16.5. The van der Waals surface area contributed by atoms with Crippen LogP contribution >= 0.6 is 0 Å². The molecular formula is C20H28N6O2. The average Bonchev–Trinajstić information content (AvgIpc) is 2.69. The first-order chi connectivity index (χ1) is 13.6. The van der Waals surface area contributed by atoms with E-state index in [9.17, 15) is 4.79 Å². The van der Waals surface area contributed by atoms with Crippen LogP contribution in [0, 0.1) is 0 Å². The minimum atomic E-state index is 0.0306. The standard InChI is InChI=1S/C20H28N6O2/c1-15(14-28-2)23-19(27)13-26-11-7-16(8-12-26)17-5-3-6-18(24-17)25-20-21-9-4-10-22-20/h3-6,9-10,15-16H,7-8,11-14H2,1-2H3,(H,23,27)(H,21,22,24,25)/t15-/m1/s1. The van der Waals surface area contributed by atoms with E-state index in [0.717, 1.165) is 37.4 Å².